The predicted octanol–water partition coefficient (Wildman–Crippen LogP) is 1.93. The van der Waals surface area contributed by atoms with E-state index < -0.39 is 5.97 Å². The van der Waals surface area contributed by atoms with E-state index in [1.807, 2.05) is 11.0 Å². The Morgan fingerprint density at radius 3 is 2.63 bits per heavy atom. The first-order chi connectivity index (χ1) is 9.11. The Balaban J connectivity index is 1.77. The second-order valence-electron chi connectivity index (χ2n) is 5.58. The van der Waals surface area contributed by atoms with Crippen LogP contribution in [0.4, 0.5) is 0 Å². The zero-order chi connectivity index (χ0) is 13.5. The van der Waals surface area contributed by atoms with Gasteiger partial charge in [-0.1, -0.05) is 24.3 Å². The molecule has 0 radical (unpaired) electrons. The third-order valence-electron chi connectivity index (χ3n) is 4.20. The zero-order valence-electron chi connectivity index (χ0n) is 10.8. The predicted molar refractivity (Wildman–Crippen MR) is 69.6 cm³/mol. The summed E-state index contributed by atoms with van der Waals surface area (Å²) in [6.45, 7) is 1.37. The molecule has 2 aliphatic rings. The Morgan fingerprint density at radius 2 is 1.95 bits per heavy atom. The van der Waals surface area contributed by atoms with Crippen molar-refractivity contribution in [1.29, 1.82) is 0 Å². The average molecular weight is 259 g/mol. The minimum atomic E-state index is -0.910. The summed E-state index contributed by atoms with van der Waals surface area (Å²) >= 11 is 0. The van der Waals surface area contributed by atoms with E-state index in [0.29, 0.717) is 6.54 Å². The SMILES string of the molecule is O=C(O)CCC(=O)N1Cc2ccccc2C2(CC2)C1. The molecule has 0 bridgehead atoms. The molecule has 1 aliphatic carbocycles. The molecule has 19 heavy (non-hydrogen) atoms. The first-order valence-electron chi connectivity index (χ1n) is 6.69. The van der Waals surface area contributed by atoms with Crippen molar-refractivity contribution < 1.29 is 14.7 Å². The number of fused-ring (bicyclic) bond motifs is 2. The zero-order valence-corrected chi connectivity index (χ0v) is 10.8. The van der Waals surface area contributed by atoms with Crippen LogP contribution < -0.4 is 0 Å². The molecule has 0 unspecified atom stereocenters. The number of carboxylic acid groups (broad SMARTS) is 1. The number of hydrogen-bond acceptors (Lipinski definition) is 2. The van der Waals surface area contributed by atoms with Crippen LogP contribution >= 0.6 is 0 Å². The molecule has 1 aliphatic heterocycles. The molecule has 1 amide bonds. The van der Waals surface area contributed by atoms with Gasteiger partial charge in [0.1, 0.15) is 0 Å². The van der Waals surface area contributed by atoms with Crippen molar-refractivity contribution >= 4 is 11.9 Å². The Kier molecular flexibility index (Phi) is 2.81. The fraction of sp³-hybridized carbons (Fsp3) is 0.467. The lowest BCUT2D eigenvalue weighted by Gasteiger charge is -2.35. The van der Waals surface area contributed by atoms with Gasteiger partial charge in [-0.25, -0.2) is 0 Å². The molecule has 1 aromatic carbocycles. The number of amides is 1. The van der Waals surface area contributed by atoms with Crippen LogP contribution in [0.25, 0.3) is 0 Å². The van der Waals surface area contributed by atoms with E-state index in [1.165, 1.54) is 11.1 Å². The summed E-state index contributed by atoms with van der Waals surface area (Å²) < 4.78 is 0. The monoisotopic (exact) mass is 259 g/mol. The molecular formula is C15H17NO3. The molecule has 0 saturated heterocycles. The van der Waals surface area contributed by atoms with Crippen LogP contribution in [0.1, 0.15) is 36.8 Å². The van der Waals surface area contributed by atoms with E-state index >= 15 is 0 Å². The van der Waals surface area contributed by atoms with Crippen LogP contribution in [0, 0.1) is 0 Å². The summed E-state index contributed by atoms with van der Waals surface area (Å²) in [4.78, 5) is 24.5. The van der Waals surface area contributed by atoms with Crippen molar-refractivity contribution in [3.05, 3.63) is 35.4 Å². The molecular weight excluding hydrogens is 242 g/mol. The third kappa shape index (κ3) is 2.23. The van der Waals surface area contributed by atoms with E-state index in [1.54, 1.807) is 0 Å². The lowest BCUT2D eigenvalue weighted by atomic mass is 9.87. The molecule has 0 aromatic heterocycles. The van der Waals surface area contributed by atoms with Crippen molar-refractivity contribution in [2.75, 3.05) is 6.54 Å². The Hall–Kier alpha value is -1.84. The highest BCUT2D eigenvalue weighted by atomic mass is 16.4. The summed E-state index contributed by atoms with van der Waals surface area (Å²) in [7, 11) is 0. The number of hydrogen-bond donors (Lipinski definition) is 1. The topological polar surface area (TPSA) is 57.6 Å². The molecule has 1 heterocycles. The molecule has 3 rings (SSSR count). The molecule has 0 atom stereocenters. The van der Waals surface area contributed by atoms with Crippen molar-refractivity contribution in [2.45, 2.75) is 37.6 Å². The minimum absolute atomic E-state index is 0.0387. The molecule has 1 fully saturated rings. The van der Waals surface area contributed by atoms with Gasteiger partial charge in [0.25, 0.3) is 0 Å². The molecule has 4 heteroatoms. The van der Waals surface area contributed by atoms with E-state index in [9.17, 15) is 9.59 Å². The van der Waals surface area contributed by atoms with Gasteiger partial charge in [-0.2, -0.15) is 0 Å². The Morgan fingerprint density at radius 1 is 1.21 bits per heavy atom. The van der Waals surface area contributed by atoms with Crippen LogP contribution in [0.3, 0.4) is 0 Å². The van der Waals surface area contributed by atoms with Crippen molar-refractivity contribution in [3.63, 3.8) is 0 Å². The largest absolute Gasteiger partial charge is 0.481 e. The van der Waals surface area contributed by atoms with Crippen molar-refractivity contribution in [3.8, 4) is 0 Å². The van der Waals surface area contributed by atoms with Gasteiger partial charge in [-0.15, -0.1) is 0 Å². The molecule has 1 N–H and O–H groups in total. The number of nitrogens with zero attached hydrogens (tertiary/aromatic N) is 1. The summed E-state index contributed by atoms with van der Waals surface area (Å²) in [5.41, 5.74) is 2.76. The van der Waals surface area contributed by atoms with Crippen LogP contribution in [-0.4, -0.2) is 28.4 Å². The van der Waals surface area contributed by atoms with Gasteiger partial charge >= 0.3 is 5.97 Å². The van der Waals surface area contributed by atoms with Gasteiger partial charge < -0.3 is 10.0 Å². The van der Waals surface area contributed by atoms with Gasteiger partial charge in [-0.05, 0) is 24.0 Å². The van der Waals surface area contributed by atoms with Gasteiger partial charge in [-0.3, -0.25) is 9.59 Å². The highest BCUT2D eigenvalue weighted by Crippen LogP contribution is 2.52. The van der Waals surface area contributed by atoms with E-state index in [4.69, 9.17) is 5.11 Å². The fourth-order valence-corrected chi connectivity index (χ4v) is 3.01. The smallest absolute Gasteiger partial charge is 0.303 e. The number of carboxylic acids is 1. The average Bonchev–Trinajstić information content (AvgIpc) is 3.16. The summed E-state index contributed by atoms with van der Waals surface area (Å²) in [5, 5.41) is 8.66. The maximum absolute atomic E-state index is 12.1. The van der Waals surface area contributed by atoms with Gasteiger partial charge in [0.05, 0.1) is 6.42 Å². The normalized spacial score (nSPS) is 19.1. The quantitative estimate of drug-likeness (QED) is 0.902. The lowest BCUT2D eigenvalue weighted by Crippen LogP contribution is -2.41. The summed E-state index contributed by atoms with van der Waals surface area (Å²) in [6.07, 6.45) is 2.29. The van der Waals surface area contributed by atoms with Crippen LogP contribution in [-0.2, 0) is 21.5 Å². The summed E-state index contributed by atoms with van der Waals surface area (Å²) in [5.74, 6) is -0.949. The number of rotatable bonds is 3. The molecule has 1 aromatic rings. The Labute approximate surface area is 112 Å². The highest BCUT2D eigenvalue weighted by molar-refractivity contribution is 5.81. The lowest BCUT2D eigenvalue weighted by molar-refractivity contribution is -0.141. The third-order valence-corrected chi connectivity index (χ3v) is 4.20. The maximum Gasteiger partial charge on any atom is 0.303 e. The summed E-state index contributed by atoms with van der Waals surface area (Å²) in [6, 6.07) is 8.30. The number of carbonyl (C=O) groups excluding carboxylic acids is 1. The second-order valence-corrected chi connectivity index (χ2v) is 5.58. The van der Waals surface area contributed by atoms with Crippen LogP contribution in [0.15, 0.2) is 24.3 Å². The van der Waals surface area contributed by atoms with Crippen molar-refractivity contribution in [1.82, 2.24) is 4.90 Å². The Bertz CT molecular complexity index is 534. The van der Waals surface area contributed by atoms with Crippen molar-refractivity contribution in [2.24, 2.45) is 0 Å². The standard InChI is InChI=1S/C15H17NO3/c17-13(5-6-14(18)19)16-9-11-3-1-2-4-12(11)15(10-16)7-8-15/h1-4H,5-10H2,(H,18,19). The van der Waals surface area contributed by atoms with Crippen LogP contribution in [0.2, 0.25) is 0 Å². The highest BCUT2D eigenvalue weighted by Gasteiger charge is 2.49. The van der Waals surface area contributed by atoms with Gasteiger partial charge in [0.2, 0.25) is 5.91 Å². The number of carbonyl (C=O) groups is 2. The van der Waals surface area contributed by atoms with Gasteiger partial charge in [0.15, 0.2) is 0 Å². The van der Waals surface area contributed by atoms with E-state index in [2.05, 4.69) is 18.2 Å². The van der Waals surface area contributed by atoms with E-state index in [0.717, 1.165) is 19.4 Å². The maximum atomic E-state index is 12.1. The molecule has 4 nitrogen and oxygen atoms in total. The second kappa shape index (κ2) is 4.37. The number of aliphatic carboxylic acids is 1. The fourth-order valence-electron chi connectivity index (χ4n) is 3.01. The van der Waals surface area contributed by atoms with Gasteiger partial charge in [0, 0.05) is 24.9 Å². The molecule has 1 spiro atoms. The van der Waals surface area contributed by atoms with E-state index in [-0.39, 0.29) is 24.2 Å². The first-order valence-corrected chi connectivity index (χ1v) is 6.69. The van der Waals surface area contributed by atoms with Crippen LogP contribution in [0.5, 0.6) is 0 Å². The molecule has 1 saturated carbocycles. The minimum Gasteiger partial charge on any atom is -0.481 e. The first kappa shape index (κ1) is 12.2. The molecule has 100 valence electrons. The number of benzene rings is 1.